The van der Waals surface area contributed by atoms with Gasteiger partial charge in [-0.2, -0.15) is 0 Å². The van der Waals surface area contributed by atoms with Crippen LogP contribution in [0.4, 0.5) is 9.59 Å². The van der Waals surface area contributed by atoms with Crippen molar-refractivity contribution in [1.82, 2.24) is 9.80 Å². The third-order valence-electron chi connectivity index (χ3n) is 5.63. The molecular formula is C29H34N2O7. The predicted molar refractivity (Wildman–Crippen MR) is 140 cm³/mol. The van der Waals surface area contributed by atoms with E-state index in [0.717, 1.165) is 16.0 Å². The first-order valence-corrected chi connectivity index (χ1v) is 12.4. The van der Waals surface area contributed by atoms with E-state index in [9.17, 15) is 19.2 Å². The first-order chi connectivity index (χ1) is 18.0. The largest absolute Gasteiger partial charge is 0.463 e. The van der Waals surface area contributed by atoms with E-state index < -0.39 is 41.7 Å². The fraction of sp³-hybridized carbons (Fsp3) is 0.379. The van der Waals surface area contributed by atoms with Gasteiger partial charge in [0.25, 0.3) is 5.91 Å². The highest BCUT2D eigenvalue weighted by atomic mass is 16.6. The lowest BCUT2D eigenvalue weighted by molar-refractivity contribution is -0.146. The molecule has 0 unspecified atom stereocenters. The molecule has 0 saturated carbocycles. The molecule has 3 amide bonds. The Labute approximate surface area is 223 Å². The van der Waals surface area contributed by atoms with Gasteiger partial charge in [0.05, 0.1) is 6.04 Å². The Morgan fingerprint density at radius 3 is 2.13 bits per heavy atom. The quantitative estimate of drug-likeness (QED) is 0.291. The molecule has 0 radical (unpaired) electrons. The second kappa shape index (κ2) is 12.9. The Balaban J connectivity index is 1.93. The highest BCUT2D eigenvalue weighted by Gasteiger charge is 2.42. The molecule has 0 bridgehead atoms. The first-order valence-electron chi connectivity index (χ1n) is 12.4. The summed E-state index contributed by atoms with van der Waals surface area (Å²) in [6, 6.07) is 16.4. The van der Waals surface area contributed by atoms with Gasteiger partial charge in [0.2, 0.25) is 0 Å². The van der Waals surface area contributed by atoms with Crippen molar-refractivity contribution < 1.29 is 33.4 Å². The van der Waals surface area contributed by atoms with Gasteiger partial charge in [0.1, 0.15) is 24.9 Å². The van der Waals surface area contributed by atoms with Crippen molar-refractivity contribution in [2.75, 3.05) is 6.61 Å². The molecule has 1 aliphatic heterocycles. The minimum atomic E-state index is -1.07. The van der Waals surface area contributed by atoms with Gasteiger partial charge < -0.3 is 14.2 Å². The Kier molecular flexibility index (Phi) is 9.65. The molecule has 2 aromatic rings. The molecule has 0 spiro atoms. The molecule has 3 rings (SSSR count). The van der Waals surface area contributed by atoms with Gasteiger partial charge in [-0.1, -0.05) is 72.8 Å². The zero-order valence-electron chi connectivity index (χ0n) is 22.2. The smallest absolute Gasteiger partial charge is 0.417 e. The molecule has 1 heterocycles. The van der Waals surface area contributed by atoms with Crippen molar-refractivity contribution in [3.05, 3.63) is 83.9 Å². The Morgan fingerprint density at radius 1 is 0.947 bits per heavy atom. The lowest BCUT2D eigenvalue weighted by Crippen LogP contribution is -2.55. The van der Waals surface area contributed by atoms with Gasteiger partial charge in [0.15, 0.2) is 0 Å². The van der Waals surface area contributed by atoms with Gasteiger partial charge in [-0.05, 0) is 38.3 Å². The molecule has 1 aliphatic rings. The fourth-order valence-electron chi connectivity index (χ4n) is 3.89. The second-order valence-electron chi connectivity index (χ2n) is 9.89. The molecule has 0 fully saturated rings. The molecule has 9 heteroatoms. The lowest BCUT2D eigenvalue weighted by atomic mass is 10.1. The Hall–Kier alpha value is -4.14. The summed E-state index contributed by atoms with van der Waals surface area (Å²) in [6.45, 7) is 6.16. The van der Waals surface area contributed by atoms with Crippen LogP contribution in [0.1, 0.15) is 45.2 Å². The van der Waals surface area contributed by atoms with E-state index >= 15 is 0 Å². The highest BCUT2D eigenvalue weighted by Crippen LogP contribution is 2.23. The minimum Gasteiger partial charge on any atom is -0.463 e. The summed E-state index contributed by atoms with van der Waals surface area (Å²) in [5, 5.41) is 0. The summed E-state index contributed by atoms with van der Waals surface area (Å²) in [4.78, 5) is 54.3. The van der Waals surface area contributed by atoms with Crippen LogP contribution in [0.2, 0.25) is 0 Å². The van der Waals surface area contributed by atoms with Crippen LogP contribution >= 0.6 is 0 Å². The minimum absolute atomic E-state index is 0.0204. The van der Waals surface area contributed by atoms with Gasteiger partial charge in [0, 0.05) is 13.5 Å². The normalized spacial score (nSPS) is 17.4. The number of ether oxygens (including phenoxy) is 3. The van der Waals surface area contributed by atoms with Crippen LogP contribution in [0.3, 0.4) is 0 Å². The van der Waals surface area contributed by atoms with E-state index in [2.05, 4.69) is 0 Å². The monoisotopic (exact) mass is 522 g/mol. The van der Waals surface area contributed by atoms with E-state index in [-0.39, 0.29) is 26.2 Å². The number of imide groups is 1. The van der Waals surface area contributed by atoms with Crippen LogP contribution < -0.4 is 0 Å². The van der Waals surface area contributed by atoms with Crippen molar-refractivity contribution in [2.45, 2.75) is 65.0 Å². The van der Waals surface area contributed by atoms with E-state index in [1.807, 2.05) is 60.7 Å². The maximum absolute atomic E-state index is 13.9. The maximum Gasteiger partial charge on any atom is 0.417 e. The number of benzene rings is 2. The SMILES string of the molecule is CC(=O)OC[C@H]1C=CC[C@H](N(Cc2ccccc2)C(=O)OCc2ccccc2)C(=O)N1C(=O)OC(C)(C)C. The molecule has 0 N–H and O–H groups in total. The topological polar surface area (TPSA) is 102 Å². The summed E-state index contributed by atoms with van der Waals surface area (Å²) in [5.74, 6) is -1.21. The number of amides is 3. The van der Waals surface area contributed by atoms with Crippen LogP contribution in [0.5, 0.6) is 0 Å². The molecule has 0 saturated heterocycles. The van der Waals surface area contributed by atoms with E-state index in [4.69, 9.17) is 14.2 Å². The fourth-order valence-corrected chi connectivity index (χ4v) is 3.89. The number of carbonyl (C=O) groups is 4. The molecule has 2 aromatic carbocycles. The predicted octanol–water partition coefficient (Wildman–Crippen LogP) is 4.85. The third kappa shape index (κ3) is 8.19. The lowest BCUT2D eigenvalue weighted by Gasteiger charge is -2.34. The van der Waals surface area contributed by atoms with Gasteiger partial charge in [-0.25, -0.2) is 14.5 Å². The van der Waals surface area contributed by atoms with Crippen molar-refractivity contribution >= 4 is 24.1 Å². The first kappa shape index (κ1) is 28.4. The molecule has 38 heavy (non-hydrogen) atoms. The molecule has 9 nitrogen and oxygen atoms in total. The summed E-state index contributed by atoms with van der Waals surface area (Å²) >= 11 is 0. The van der Waals surface area contributed by atoms with Crippen molar-refractivity contribution in [3.8, 4) is 0 Å². The van der Waals surface area contributed by atoms with Crippen LogP contribution in [-0.2, 0) is 37.0 Å². The van der Waals surface area contributed by atoms with Crippen molar-refractivity contribution in [3.63, 3.8) is 0 Å². The third-order valence-corrected chi connectivity index (χ3v) is 5.63. The maximum atomic E-state index is 13.9. The number of esters is 1. The summed E-state index contributed by atoms with van der Waals surface area (Å²) < 4.78 is 16.2. The standard InChI is InChI=1S/C29H34N2O7/c1-21(32)36-20-24-16-11-17-25(26(33)31(24)28(35)38-29(2,3)4)30(18-22-12-7-5-8-13-22)27(34)37-19-23-14-9-6-10-15-23/h5-16,24-25H,17-20H2,1-4H3/t24-,25+/m1/s1. The molecular weight excluding hydrogens is 488 g/mol. The average molecular weight is 523 g/mol. The van der Waals surface area contributed by atoms with E-state index in [0.29, 0.717) is 0 Å². The van der Waals surface area contributed by atoms with Crippen LogP contribution in [-0.4, -0.2) is 58.2 Å². The van der Waals surface area contributed by atoms with Gasteiger partial charge in [-0.15, -0.1) is 0 Å². The van der Waals surface area contributed by atoms with Crippen molar-refractivity contribution in [1.29, 1.82) is 0 Å². The Bertz CT molecular complexity index is 1140. The molecule has 0 aliphatic carbocycles. The number of carbonyl (C=O) groups excluding carboxylic acids is 4. The number of nitrogens with zero attached hydrogens (tertiary/aromatic N) is 2. The highest BCUT2D eigenvalue weighted by molar-refractivity contribution is 5.97. The van der Waals surface area contributed by atoms with Crippen molar-refractivity contribution in [2.24, 2.45) is 0 Å². The average Bonchev–Trinajstić information content (AvgIpc) is 3.03. The van der Waals surface area contributed by atoms with Crippen LogP contribution in [0.25, 0.3) is 0 Å². The Morgan fingerprint density at radius 2 is 1.55 bits per heavy atom. The summed E-state index contributed by atoms with van der Waals surface area (Å²) in [5.41, 5.74) is 0.697. The zero-order chi connectivity index (χ0) is 27.7. The number of hydrogen-bond donors (Lipinski definition) is 0. The van der Waals surface area contributed by atoms with Gasteiger partial charge >= 0.3 is 18.2 Å². The second-order valence-corrected chi connectivity index (χ2v) is 9.89. The molecule has 0 aromatic heterocycles. The zero-order valence-corrected chi connectivity index (χ0v) is 22.2. The van der Waals surface area contributed by atoms with E-state index in [1.165, 1.54) is 11.8 Å². The number of hydrogen-bond acceptors (Lipinski definition) is 7. The van der Waals surface area contributed by atoms with Gasteiger partial charge in [-0.3, -0.25) is 14.5 Å². The van der Waals surface area contributed by atoms with Crippen LogP contribution in [0.15, 0.2) is 72.8 Å². The molecule has 2 atom stereocenters. The number of rotatable bonds is 7. The summed E-state index contributed by atoms with van der Waals surface area (Å²) in [6.07, 6.45) is 1.84. The molecule has 202 valence electrons. The van der Waals surface area contributed by atoms with Crippen LogP contribution in [0, 0.1) is 0 Å². The van der Waals surface area contributed by atoms with E-state index in [1.54, 1.807) is 32.9 Å². The summed E-state index contributed by atoms with van der Waals surface area (Å²) in [7, 11) is 0.